The summed E-state index contributed by atoms with van der Waals surface area (Å²) < 4.78 is 4.87. The normalized spacial score (nSPS) is 11.1. The van der Waals surface area contributed by atoms with Crippen LogP contribution in [0.5, 0.6) is 5.75 Å². The Labute approximate surface area is 163 Å². The number of hydrogen-bond donors (Lipinski definition) is 3. The van der Waals surface area contributed by atoms with Crippen molar-refractivity contribution in [1.82, 2.24) is 4.98 Å². The Hall–Kier alpha value is -3.37. The maximum absolute atomic E-state index is 11.4. The number of nitrogens with zero attached hydrogens (tertiary/aromatic N) is 3. The van der Waals surface area contributed by atoms with Crippen molar-refractivity contribution in [2.24, 2.45) is 10.2 Å². The van der Waals surface area contributed by atoms with Crippen LogP contribution >= 0.6 is 11.6 Å². The smallest absolute Gasteiger partial charge is 0.344 e. The second kappa shape index (κ2) is 9.02. The molecule has 2 rings (SSSR count). The van der Waals surface area contributed by atoms with Crippen LogP contribution < -0.4 is 0 Å². The van der Waals surface area contributed by atoms with Crippen molar-refractivity contribution in [2.45, 2.75) is 19.6 Å². The van der Waals surface area contributed by atoms with Gasteiger partial charge in [0.1, 0.15) is 11.4 Å². The van der Waals surface area contributed by atoms with Crippen molar-refractivity contribution in [1.29, 1.82) is 0 Å². The third-order valence-corrected chi connectivity index (χ3v) is 3.85. The third kappa shape index (κ3) is 4.67. The fraction of sp³-hybridized carbons (Fsp3) is 0.176. The number of aromatic hydroxyl groups is 1. The van der Waals surface area contributed by atoms with E-state index in [9.17, 15) is 19.5 Å². The number of pyridine rings is 1. The van der Waals surface area contributed by atoms with Crippen molar-refractivity contribution < 1.29 is 34.4 Å². The lowest BCUT2D eigenvalue weighted by Crippen LogP contribution is -2.32. The highest BCUT2D eigenvalue weighted by Crippen LogP contribution is 2.32. The van der Waals surface area contributed by atoms with E-state index in [0.29, 0.717) is 17.0 Å². The molecule has 28 heavy (non-hydrogen) atoms. The van der Waals surface area contributed by atoms with Crippen LogP contribution in [0.3, 0.4) is 0 Å². The number of carbonyl (C=O) groups excluding carboxylic acids is 1. The maximum atomic E-state index is 11.4. The van der Waals surface area contributed by atoms with Crippen LogP contribution in [0.15, 0.2) is 34.5 Å². The molecule has 1 aromatic carbocycles. The molecule has 11 heteroatoms. The maximum Gasteiger partial charge on any atom is 0.344 e. The highest BCUT2D eigenvalue weighted by Gasteiger charge is 2.28. The van der Waals surface area contributed by atoms with Crippen LogP contribution in [0.4, 0.5) is 11.5 Å². The molecule has 0 aliphatic rings. The Balaban J connectivity index is 2.48. The zero-order valence-corrected chi connectivity index (χ0v) is 15.1. The van der Waals surface area contributed by atoms with E-state index in [0.717, 1.165) is 0 Å². The van der Waals surface area contributed by atoms with Gasteiger partial charge in [-0.3, -0.25) is 4.79 Å². The van der Waals surface area contributed by atoms with Gasteiger partial charge in [0.15, 0.2) is 12.1 Å². The summed E-state index contributed by atoms with van der Waals surface area (Å²) in [6.07, 6.45) is -1.88. The van der Waals surface area contributed by atoms with Crippen LogP contribution in [0.2, 0.25) is 5.02 Å². The molecular formula is C17H14ClN3O7. The minimum atomic E-state index is -2.18. The van der Waals surface area contributed by atoms with E-state index in [4.69, 9.17) is 26.6 Å². The summed E-state index contributed by atoms with van der Waals surface area (Å²) in [6.45, 7) is 0.744. The zero-order valence-electron chi connectivity index (χ0n) is 14.4. The lowest BCUT2D eigenvalue weighted by Gasteiger charge is -2.13. The third-order valence-electron chi connectivity index (χ3n) is 3.53. The van der Waals surface area contributed by atoms with Crippen LogP contribution in [0.1, 0.15) is 21.6 Å². The number of azo groups is 1. The molecule has 0 fully saturated rings. The summed E-state index contributed by atoms with van der Waals surface area (Å²) >= 11 is 5.99. The first kappa shape index (κ1) is 20.9. The molecule has 1 aromatic heterocycles. The summed E-state index contributed by atoms with van der Waals surface area (Å²) in [7, 11) is 0. The van der Waals surface area contributed by atoms with Gasteiger partial charge in [0, 0.05) is 5.56 Å². The van der Waals surface area contributed by atoms with E-state index in [1.54, 1.807) is 24.3 Å². The van der Waals surface area contributed by atoms with Crippen molar-refractivity contribution in [3.63, 3.8) is 0 Å². The molecule has 0 bridgehead atoms. The van der Waals surface area contributed by atoms with Gasteiger partial charge >= 0.3 is 11.9 Å². The van der Waals surface area contributed by atoms with E-state index >= 15 is 0 Å². The van der Waals surface area contributed by atoms with Crippen molar-refractivity contribution in [2.75, 3.05) is 0 Å². The van der Waals surface area contributed by atoms with Crippen molar-refractivity contribution in [3.8, 4) is 5.75 Å². The van der Waals surface area contributed by atoms with E-state index in [1.807, 2.05) is 0 Å². The van der Waals surface area contributed by atoms with Gasteiger partial charge in [0.25, 0.3) is 6.10 Å². The Morgan fingerprint density at radius 3 is 2.46 bits per heavy atom. The fourth-order valence-electron chi connectivity index (χ4n) is 2.14. The number of aromatic nitrogens is 1. The molecule has 0 aliphatic heterocycles. The van der Waals surface area contributed by atoms with Gasteiger partial charge in [-0.05, 0) is 19.1 Å². The minimum Gasteiger partial charge on any atom is -0.505 e. The molecule has 1 heterocycles. The molecule has 0 aliphatic carbocycles. The highest BCUT2D eigenvalue weighted by atomic mass is 35.5. The Kier molecular flexibility index (Phi) is 6.74. The predicted molar refractivity (Wildman–Crippen MR) is 95.5 cm³/mol. The second-order valence-electron chi connectivity index (χ2n) is 5.40. The molecule has 0 atom stereocenters. The molecular weight excluding hydrogens is 394 g/mol. The van der Waals surface area contributed by atoms with E-state index in [-0.39, 0.29) is 22.6 Å². The lowest BCUT2D eigenvalue weighted by molar-refractivity contribution is -0.166. The summed E-state index contributed by atoms with van der Waals surface area (Å²) in [4.78, 5) is 37.4. The molecule has 146 valence electrons. The molecule has 0 radical (unpaired) electrons. The number of carboxylic acids is 2. The monoisotopic (exact) mass is 407 g/mol. The van der Waals surface area contributed by atoms with E-state index in [2.05, 4.69) is 15.2 Å². The zero-order chi connectivity index (χ0) is 20.8. The second-order valence-corrected chi connectivity index (χ2v) is 5.81. The summed E-state index contributed by atoms with van der Waals surface area (Å²) in [6, 6.07) is 6.50. The van der Waals surface area contributed by atoms with Gasteiger partial charge in [0.2, 0.25) is 0 Å². The number of halogens is 1. The molecule has 10 nitrogen and oxygen atoms in total. The standard InChI is InChI=1S/C17H14ClN3O7/c1-8-13(23)9(6-22)10(7-28-14(16(24)25)17(26)27)15(19-8)21-20-12-5-3-2-4-11(12)18/h2-6,14,23H,7H2,1H3,(H,24,25)(H,26,27)/b21-20+. The highest BCUT2D eigenvalue weighted by molar-refractivity contribution is 6.32. The minimum absolute atomic E-state index is 0.0620. The predicted octanol–water partition coefficient (Wildman–Crippen LogP) is 3.03. The van der Waals surface area contributed by atoms with E-state index in [1.165, 1.54) is 6.92 Å². The number of carboxylic acid groups (broad SMARTS) is 2. The summed E-state index contributed by atoms with van der Waals surface area (Å²) in [5.41, 5.74) is -0.0336. The number of rotatable bonds is 8. The van der Waals surface area contributed by atoms with Crippen molar-refractivity contribution >= 4 is 41.3 Å². The van der Waals surface area contributed by atoms with Crippen LogP contribution in [-0.2, 0) is 20.9 Å². The number of aryl methyl sites for hydroxylation is 1. The van der Waals surface area contributed by atoms with Gasteiger partial charge in [-0.1, -0.05) is 23.7 Å². The SMILES string of the molecule is Cc1nc(/N=N/c2ccccc2Cl)c(COC(C(=O)O)C(=O)O)c(C=O)c1O. The largest absolute Gasteiger partial charge is 0.505 e. The molecule has 3 N–H and O–H groups in total. The molecule has 2 aromatic rings. The van der Waals surface area contributed by atoms with Crippen LogP contribution in [0.25, 0.3) is 0 Å². The Bertz CT molecular complexity index is 948. The van der Waals surface area contributed by atoms with Gasteiger partial charge in [0.05, 0.1) is 22.9 Å². The van der Waals surface area contributed by atoms with Crippen molar-refractivity contribution in [3.05, 3.63) is 46.1 Å². The van der Waals surface area contributed by atoms with Gasteiger partial charge in [-0.25, -0.2) is 14.6 Å². The number of hydrogen-bond acceptors (Lipinski definition) is 8. The molecule has 0 saturated heterocycles. The first-order chi connectivity index (χ1) is 13.3. The number of carbonyl (C=O) groups is 3. The van der Waals surface area contributed by atoms with E-state index < -0.39 is 30.4 Å². The Morgan fingerprint density at radius 1 is 1.25 bits per heavy atom. The average molecular weight is 408 g/mol. The summed E-state index contributed by atoms with van der Waals surface area (Å²) in [5, 5.41) is 36.0. The topological polar surface area (TPSA) is 159 Å². The van der Waals surface area contributed by atoms with Crippen LogP contribution in [0, 0.1) is 6.92 Å². The molecule has 0 spiro atoms. The number of benzene rings is 1. The number of aldehydes is 1. The number of aliphatic carboxylic acids is 2. The first-order valence-electron chi connectivity index (χ1n) is 7.67. The quantitative estimate of drug-likeness (QED) is 0.342. The van der Waals surface area contributed by atoms with Gasteiger partial charge in [-0.2, -0.15) is 0 Å². The average Bonchev–Trinajstić information content (AvgIpc) is 2.64. The Morgan fingerprint density at radius 2 is 1.89 bits per heavy atom. The van der Waals surface area contributed by atoms with Gasteiger partial charge < -0.3 is 20.1 Å². The molecule has 0 saturated carbocycles. The van der Waals surface area contributed by atoms with Crippen LogP contribution in [-0.4, -0.2) is 44.6 Å². The number of ether oxygens (including phenoxy) is 1. The summed E-state index contributed by atoms with van der Waals surface area (Å²) in [5.74, 6) is -4.09. The van der Waals surface area contributed by atoms with Gasteiger partial charge in [-0.15, -0.1) is 10.2 Å². The molecule has 0 amide bonds. The molecule has 0 unspecified atom stereocenters. The fourth-order valence-corrected chi connectivity index (χ4v) is 2.31. The first-order valence-corrected chi connectivity index (χ1v) is 8.05. The lowest BCUT2D eigenvalue weighted by atomic mass is 10.1.